The van der Waals surface area contributed by atoms with Gasteiger partial charge in [0.25, 0.3) is 12.4 Å². The minimum atomic E-state index is -4.62. The molecule has 2 aromatic heterocycles. The topological polar surface area (TPSA) is 109 Å². The molecule has 2 rings (SSSR count). The van der Waals surface area contributed by atoms with Crippen molar-refractivity contribution in [2.24, 2.45) is 0 Å². The third kappa shape index (κ3) is 5.43. The van der Waals surface area contributed by atoms with Crippen molar-refractivity contribution < 1.29 is 32.7 Å². The Kier molecular flexibility index (Phi) is 6.53. The number of Topliss-reactive ketones (excluding diaryl/α,β-unsaturated/α-hetero) is 1. The highest BCUT2D eigenvalue weighted by Gasteiger charge is 2.33. The first kappa shape index (κ1) is 19.2. The summed E-state index contributed by atoms with van der Waals surface area (Å²) in [4.78, 5) is 38.7. The summed E-state index contributed by atoms with van der Waals surface area (Å²) in [5.41, 5.74) is -1.15. The van der Waals surface area contributed by atoms with Crippen LogP contribution in [0, 0.1) is 0 Å². The van der Waals surface area contributed by atoms with Gasteiger partial charge in [0, 0.05) is 6.20 Å². The van der Waals surface area contributed by atoms with E-state index in [2.05, 4.69) is 15.3 Å². The smallest absolute Gasteiger partial charge is 0.433 e. The van der Waals surface area contributed by atoms with Crippen LogP contribution >= 0.6 is 11.3 Å². The van der Waals surface area contributed by atoms with E-state index in [0.29, 0.717) is 10.9 Å². The molecular weight excluding hydrogens is 351 g/mol. The van der Waals surface area contributed by atoms with Gasteiger partial charge in [-0.3, -0.25) is 19.7 Å². The first-order chi connectivity index (χ1) is 11.2. The Morgan fingerprint density at radius 3 is 2.33 bits per heavy atom. The maximum atomic E-state index is 12.5. The van der Waals surface area contributed by atoms with Crippen molar-refractivity contribution in [1.29, 1.82) is 0 Å². The van der Waals surface area contributed by atoms with E-state index >= 15 is 0 Å². The first-order valence-corrected chi connectivity index (χ1v) is 6.91. The number of rotatable bonds is 3. The van der Waals surface area contributed by atoms with Crippen molar-refractivity contribution in [3.8, 4) is 0 Å². The number of hydrogen-bond acceptors (Lipinski definition) is 6. The lowest BCUT2D eigenvalue weighted by molar-refractivity contribution is -0.141. The average molecular weight is 361 g/mol. The van der Waals surface area contributed by atoms with Crippen molar-refractivity contribution in [2.45, 2.75) is 13.1 Å². The van der Waals surface area contributed by atoms with Gasteiger partial charge in [-0.05, 0) is 25.1 Å². The number of nitrogens with one attached hydrogen (secondary N) is 1. The molecule has 11 heteroatoms. The molecular formula is C13H10F3N3O4S. The predicted molar refractivity (Wildman–Crippen MR) is 78.0 cm³/mol. The monoisotopic (exact) mass is 361 g/mol. The summed E-state index contributed by atoms with van der Waals surface area (Å²) in [6.45, 7) is 1.10. The summed E-state index contributed by atoms with van der Waals surface area (Å²) in [6, 6.07) is 3.58. The van der Waals surface area contributed by atoms with Crippen molar-refractivity contribution in [1.82, 2.24) is 9.97 Å². The molecule has 24 heavy (non-hydrogen) atoms. The summed E-state index contributed by atoms with van der Waals surface area (Å²) in [7, 11) is 0. The van der Waals surface area contributed by atoms with Crippen molar-refractivity contribution in [2.75, 3.05) is 5.32 Å². The molecule has 2 heterocycles. The largest absolute Gasteiger partial charge is 0.483 e. The number of aromatic nitrogens is 2. The highest BCUT2D eigenvalue weighted by Crippen LogP contribution is 2.27. The number of ketones is 1. The molecule has 0 aromatic carbocycles. The Morgan fingerprint density at radius 2 is 1.83 bits per heavy atom. The van der Waals surface area contributed by atoms with Gasteiger partial charge in [-0.15, -0.1) is 11.3 Å². The number of alkyl halides is 3. The standard InChI is InChI=1S/C12H8F3N3O2S.CH2O2/c1-6(19)7-2-3-8(21-7)10(20)18-11-16-5-4-9(17-11)12(13,14)15;2-1-3/h2-5H,1H3,(H,16,17,18,20);1H,(H,2,3). The fourth-order valence-electron chi connectivity index (χ4n) is 1.39. The zero-order valence-corrected chi connectivity index (χ0v) is 12.8. The molecule has 0 atom stereocenters. The molecule has 0 aliphatic rings. The molecule has 0 saturated carbocycles. The molecule has 7 nitrogen and oxygen atoms in total. The SMILES string of the molecule is CC(=O)c1ccc(C(=O)Nc2nccc(C(F)(F)F)n2)s1.O=CO. The molecule has 0 radical (unpaired) electrons. The normalized spacial score (nSPS) is 10.3. The van der Waals surface area contributed by atoms with Gasteiger partial charge < -0.3 is 5.11 Å². The Labute approximate surface area is 137 Å². The number of hydrogen-bond donors (Lipinski definition) is 2. The summed E-state index contributed by atoms with van der Waals surface area (Å²) >= 11 is 0.939. The zero-order chi connectivity index (χ0) is 18.3. The van der Waals surface area contributed by atoms with Crippen LogP contribution in [0.2, 0.25) is 0 Å². The van der Waals surface area contributed by atoms with E-state index in [1.165, 1.54) is 19.1 Å². The molecule has 2 aromatic rings. The molecule has 0 aliphatic heterocycles. The van der Waals surface area contributed by atoms with Crippen molar-refractivity contribution in [3.63, 3.8) is 0 Å². The number of thiophene rings is 1. The Hall–Kier alpha value is -2.82. The molecule has 0 saturated heterocycles. The van der Waals surface area contributed by atoms with Gasteiger partial charge in [0.05, 0.1) is 9.75 Å². The van der Waals surface area contributed by atoms with E-state index in [-0.39, 0.29) is 17.1 Å². The average Bonchev–Trinajstić information content (AvgIpc) is 2.97. The maximum absolute atomic E-state index is 12.5. The quantitative estimate of drug-likeness (QED) is 0.643. The summed E-state index contributed by atoms with van der Waals surface area (Å²) in [5.74, 6) is -1.33. The first-order valence-electron chi connectivity index (χ1n) is 6.09. The lowest BCUT2D eigenvalue weighted by Gasteiger charge is -2.07. The van der Waals surface area contributed by atoms with Gasteiger partial charge in [-0.25, -0.2) is 9.97 Å². The minimum absolute atomic E-state index is 0.182. The number of carbonyl (C=O) groups is 3. The Balaban J connectivity index is 0.000000891. The van der Waals surface area contributed by atoms with E-state index in [9.17, 15) is 22.8 Å². The van der Waals surface area contributed by atoms with Crippen LogP contribution in [0.15, 0.2) is 24.4 Å². The number of anilines is 1. The lowest BCUT2D eigenvalue weighted by Crippen LogP contribution is -2.15. The predicted octanol–water partition coefficient (Wildman–Crippen LogP) is 2.71. The molecule has 0 bridgehead atoms. The third-order valence-electron chi connectivity index (χ3n) is 2.35. The summed E-state index contributed by atoms with van der Waals surface area (Å²) < 4.78 is 37.4. The summed E-state index contributed by atoms with van der Waals surface area (Å²) in [5, 5.41) is 9.05. The number of carbonyl (C=O) groups excluding carboxylic acids is 2. The number of halogens is 3. The number of carboxylic acid groups (broad SMARTS) is 1. The maximum Gasteiger partial charge on any atom is 0.433 e. The van der Waals surface area contributed by atoms with Gasteiger partial charge in [-0.2, -0.15) is 13.2 Å². The van der Waals surface area contributed by atoms with Crippen LogP contribution in [0.25, 0.3) is 0 Å². The Morgan fingerprint density at radius 1 is 1.25 bits per heavy atom. The zero-order valence-electron chi connectivity index (χ0n) is 12.0. The van der Waals surface area contributed by atoms with E-state index in [1.807, 2.05) is 0 Å². The van der Waals surface area contributed by atoms with Crippen LogP contribution in [-0.2, 0) is 11.0 Å². The van der Waals surface area contributed by atoms with Crippen molar-refractivity contribution >= 4 is 35.4 Å². The van der Waals surface area contributed by atoms with Gasteiger partial charge in [0.2, 0.25) is 5.95 Å². The van der Waals surface area contributed by atoms with Crippen LogP contribution < -0.4 is 5.32 Å². The fraction of sp³-hybridized carbons (Fsp3) is 0.154. The van der Waals surface area contributed by atoms with E-state index in [1.54, 1.807) is 0 Å². The van der Waals surface area contributed by atoms with Crippen LogP contribution in [0.4, 0.5) is 19.1 Å². The van der Waals surface area contributed by atoms with Gasteiger partial charge in [-0.1, -0.05) is 0 Å². The fourth-order valence-corrected chi connectivity index (χ4v) is 2.19. The molecule has 0 unspecified atom stereocenters. The second kappa shape index (κ2) is 8.15. The summed E-state index contributed by atoms with van der Waals surface area (Å²) in [6.07, 6.45) is -3.71. The highest BCUT2D eigenvalue weighted by molar-refractivity contribution is 7.16. The van der Waals surface area contributed by atoms with Crippen LogP contribution in [0.5, 0.6) is 0 Å². The molecule has 0 spiro atoms. The third-order valence-corrected chi connectivity index (χ3v) is 3.53. The second-order valence-electron chi connectivity index (χ2n) is 4.04. The van der Waals surface area contributed by atoms with Crippen LogP contribution in [-0.4, -0.2) is 33.2 Å². The minimum Gasteiger partial charge on any atom is -0.483 e. The molecule has 128 valence electrons. The molecule has 0 fully saturated rings. The lowest BCUT2D eigenvalue weighted by atomic mass is 10.3. The van der Waals surface area contributed by atoms with Crippen LogP contribution in [0.3, 0.4) is 0 Å². The highest BCUT2D eigenvalue weighted by atomic mass is 32.1. The molecule has 1 amide bonds. The Bertz CT molecular complexity index is 746. The number of amides is 1. The van der Waals surface area contributed by atoms with Gasteiger partial charge in [0.15, 0.2) is 5.78 Å². The van der Waals surface area contributed by atoms with Crippen LogP contribution in [0.1, 0.15) is 32.0 Å². The molecule has 0 aliphatic carbocycles. The van der Waals surface area contributed by atoms with Gasteiger partial charge >= 0.3 is 6.18 Å². The van der Waals surface area contributed by atoms with Gasteiger partial charge in [0.1, 0.15) is 5.69 Å². The molecule has 2 N–H and O–H groups in total. The van der Waals surface area contributed by atoms with E-state index < -0.39 is 23.7 Å². The second-order valence-corrected chi connectivity index (χ2v) is 5.13. The number of nitrogens with zero attached hydrogens (tertiary/aromatic N) is 2. The van der Waals surface area contributed by atoms with E-state index in [0.717, 1.165) is 17.5 Å². The van der Waals surface area contributed by atoms with E-state index in [4.69, 9.17) is 9.90 Å². The van der Waals surface area contributed by atoms with Crippen molar-refractivity contribution in [3.05, 3.63) is 39.8 Å².